The molecular formula is C12H18ClN. The number of likely N-dealkylation sites (N-methyl/N-ethyl adjacent to an activating group) is 1. The van der Waals surface area contributed by atoms with Crippen LogP contribution in [0, 0.1) is 0 Å². The minimum atomic E-state index is 0.604. The van der Waals surface area contributed by atoms with E-state index < -0.39 is 0 Å². The number of aryl methyl sites for hydroxylation is 1. The van der Waals surface area contributed by atoms with Gasteiger partial charge < -0.3 is 0 Å². The van der Waals surface area contributed by atoms with Crippen molar-refractivity contribution in [2.75, 3.05) is 19.6 Å². The summed E-state index contributed by atoms with van der Waals surface area (Å²) in [5, 5.41) is 0. The van der Waals surface area contributed by atoms with Gasteiger partial charge >= 0.3 is 0 Å². The van der Waals surface area contributed by atoms with Gasteiger partial charge in [-0.15, -0.1) is 11.6 Å². The summed E-state index contributed by atoms with van der Waals surface area (Å²) < 4.78 is 0. The van der Waals surface area contributed by atoms with Gasteiger partial charge in [0.25, 0.3) is 0 Å². The second kappa shape index (κ2) is 6.05. The fraction of sp³-hybridized carbons (Fsp3) is 0.500. The average Bonchev–Trinajstić information content (AvgIpc) is 2.26. The highest BCUT2D eigenvalue weighted by Gasteiger charge is 1.97. The van der Waals surface area contributed by atoms with Crippen LogP contribution in [0.1, 0.15) is 18.1 Å². The number of benzene rings is 1. The monoisotopic (exact) mass is 211 g/mol. The molecule has 0 heterocycles. The lowest BCUT2D eigenvalue weighted by Gasteiger charge is -2.12. The highest BCUT2D eigenvalue weighted by Crippen LogP contribution is 2.06. The zero-order valence-corrected chi connectivity index (χ0v) is 9.72. The lowest BCUT2D eigenvalue weighted by Crippen LogP contribution is -2.19. The summed E-state index contributed by atoms with van der Waals surface area (Å²) in [6.45, 7) is 3.20. The topological polar surface area (TPSA) is 3.24 Å². The first-order valence-electron chi connectivity index (χ1n) is 5.08. The molecule has 0 aliphatic carbocycles. The zero-order valence-electron chi connectivity index (χ0n) is 8.96. The second-order valence-corrected chi connectivity index (χ2v) is 3.86. The smallest absolute Gasteiger partial charge is 0.0736 e. The minimum Gasteiger partial charge on any atom is -0.293 e. The van der Waals surface area contributed by atoms with Gasteiger partial charge in [-0.05, 0) is 31.0 Å². The van der Waals surface area contributed by atoms with Crippen LogP contribution < -0.4 is 0 Å². The molecule has 0 atom stereocenters. The fourth-order valence-electron chi connectivity index (χ4n) is 1.32. The van der Waals surface area contributed by atoms with Crippen molar-refractivity contribution in [3.8, 4) is 0 Å². The molecule has 0 bridgehead atoms. The Hall–Kier alpha value is -0.530. The first kappa shape index (κ1) is 11.5. The van der Waals surface area contributed by atoms with Gasteiger partial charge in [0.05, 0.1) is 6.00 Å². The maximum absolute atomic E-state index is 5.69. The zero-order chi connectivity index (χ0) is 10.4. The molecule has 0 saturated carbocycles. The summed E-state index contributed by atoms with van der Waals surface area (Å²) in [6, 6.07) is 9.43. The van der Waals surface area contributed by atoms with Crippen LogP contribution in [-0.2, 0) is 12.8 Å². The maximum Gasteiger partial charge on any atom is 0.0736 e. The van der Waals surface area contributed by atoms with E-state index in [-0.39, 0.29) is 0 Å². The molecule has 0 N–H and O–H groups in total. The highest BCUT2D eigenvalue weighted by atomic mass is 35.5. The Bertz CT molecular complexity index is 256. The fourth-order valence-corrected chi connectivity index (χ4v) is 1.44. The lowest BCUT2D eigenvalue weighted by atomic mass is 10.1. The van der Waals surface area contributed by atoms with Gasteiger partial charge in [0.2, 0.25) is 0 Å². The third kappa shape index (κ3) is 3.69. The summed E-state index contributed by atoms with van der Waals surface area (Å²) in [4.78, 5) is 2.11. The Morgan fingerprint density at radius 3 is 2.21 bits per heavy atom. The summed E-state index contributed by atoms with van der Waals surface area (Å²) in [6.07, 6.45) is 2.19. The quantitative estimate of drug-likeness (QED) is 0.535. The number of hydrogen-bond donors (Lipinski definition) is 0. The molecule has 1 nitrogen and oxygen atoms in total. The molecule has 0 unspecified atom stereocenters. The average molecular weight is 212 g/mol. The van der Waals surface area contributed by atoms with Crippen molar-refractivity contribution in [2.45, 2.75) is 19.8 Å². The van der Waals surface area contributed by atoms with E-state index in [1.807, 2.05) is 7.05 Å². The first-order valence-corrected chi connectivity index (χ1v) is 5.62. The summed E-state index contributed by atoms with van der Waals surface area (Å²) >= 11 is 5.69. The van der Waals surface area contributed by atoms with Crippen LogP contribution in [0.5, 0.6) is 0 Å². The Balaban J connectivity index is 2.43. The molecule has 1 aromatic rings. The van der Waals surface area contributed by atoms with Crippen molar-refractivity contribution in [2.24, 2.45) is 0 Å². The minimum absolute atomic E-state index is 0.604. The van der Waals surface area contributed by atoms with Gasteiger partial charge in [-0.2, -0.15) is 0 Å². The Morgan fingerprint density at radius 2 is 1.71 bits per heavy atom. The third-order valence-corrected chi connectivity index (χ3v) is 2.83. The van der Waals surface area contributed by atoms with Gasteiger partial charge in [0.1, 0.15) is 0 Å². The van der Waals surface area contributed by atoms with Crippen LogP contribution in [0.25, 0.3) is 0 Å². The summed E-state index contributed by atoms with van der Waals surface area (Å²) in [7, 11) is 2.04. The van der Waals surface area contributed by atoms with Crippen LogP contribution in [0.2, 0.25) is 0 Å². The van der Waals surface area contributed by atoms with E-state index in [1.165, 1.54) is 11.1 Å². The number of alkyl halides is 1. The van der Waals surface area contributed by atoms with Crippen LogP contribution in [0.15, 0.2) is 24.3 Å². The predicted molar refractivity (Wildman–Crippen MR) is 62.9 cm³/mol. The van der Waals surface area contributed by atoms with Crippen LogP contribution in [-0.4, -0.2) is 24.5 Å². The van der Waals surface area contributed by atoms with Crippen molar-refractivity contribution >= 4 is 11.6 Å². The van der Waals surface area contributed by atoms with E-state index >= 15 is 0 Å². The SMILES string of the molecule is CCc1ccc(CCN(C)CCl)cc1. The largest absolute Gasteiger partial charge is 0.293 e. The lowest BCUT2D eigenvalue weighted by molar-refractivity contribution is 0.394. The van der Waals surface area contributed by atoms with E-state index in [4.69, 9.17) is 11.6 Å². The Kier molecular flexibility index (Phi) is 4.99. The maximum atomic E-state index is 5.69. The molecule has 0 spiro atoms. The molecule has 1 aromatic carbocycles. The van der Waals surface area contributed by atoms with Crippen LogP contribution >= 0.6 is 11.6 Å². The normalized spacial score (nSPS) is 10.9. The molecule has 1 rings (SSSR count). The Morgan fingerprint density at radius 1 is 1.14 bits per heavy atom. The van der Waals surface area contributed by atoms with E-state index in [2.05, 4.69) is 36.1 Å². The van der Waals surface area contributed by atoms with Crippen LogP contribution in [0.3, 0.4) is 0 Å². The molecule has 0 aliphatic heterocycles. The van der Waals surface area contributed by atoms with E-state index in [0.29, 0.717) is 6.00 Å². The van der Waals surface area contributed by atoms with E-state index in [1.54, 1.807) is 0 Å². The third-order valence-electron chi connectivity index (χ3n) is 2.42. The molecular weight excluding hydrogens is 194 g/mol. The van der Waals surface area contributed by atoms with Crippen molar-refractivity contribution in [3.63, 3.8) is 0 Å². The van der Waals surface area contributed by atoms with E-state index in [0.717, 1.165) is 19.4 Å². The van der Waals surface area contributed by atoms with Crippen molar-refractivity contribution in [3.05, 3.63) is 35.4 Å². The van der Waals surface area contributed by atoms with E-state index in [9.17, 15) is 0 Å². The number of hydrogen-bond acceptors (Lipinski definition) is 1. The molecule has 78 valence electrons. The van der Waals surface area contributed by atoms with Gasteiger partial charge in [-0.25, -0.2) is 0 Å². The second-order valence-electron chi connectivity index (χ2n) is 3.62. The molecule has 0 saturated heterocycles. The molecule has 0 radical (unpaired) electrons. The predicted octanol–water partition coefficient (Wildman–Crippen LogP) is 2.92. The van der Waals surface area contributed by atoms with Gasteiger partial charge in [-0.3, -0.25) is 4.90 Å². The molecule has 0 aliphatic rings. The molecule has 0 amide bonds. The summed E-state index contributed by atoms with van der Waals surface area (Å²) in [5.74, 6) is 0. The van der Waals surface area contributed by atoms with Crippen molar-refractivity contribution in [1.29, 1.82) is 0 Å². The highest BCUT2D eigenvalue weighted by molar-refractivity contribution is 6.17. The van der Waals surface area contributed by atoms with Crippen molar-refractivity contribution in [1.82, 2.24) is 4.90 Å². The standard InChI is InChI=1S/C12H18ClN/c1-3-11-4-6-12(7-5-11)8-9-14(2)10-13/h4-7H,3,8-10H2,1-2H3. The molecule has 0 fully saturated rings. The number of nitrogens with zero attached hydrogens (tertiary/aromatic N) is 1. The van der Waals surface area contributed by atoms with Crippen molar-refractivity contribution < 1.29 is 0 Å². The Labute approximate surface area is 91.7 Å². The van der Waals surface area contributed by atoms with Gasteiger partial charge in [0.15, 0.2) is 0 Å². The molecule has 2 heteroatoms. The number of halogens is 1. The number of rotatable bonds is 5. The van der Waals surface area contributed by atoms with Gasteiger partial charge in [0, 0.05) is 6.54 Å². The summed E-state index contributed by atoms with van der Waals surface area (Å²) in [5.41, 5.74) is 2.79. The molecule has 14 heavy (non-hydrogen) atoms. The van der Waals surface area contributed by atoms with Gasteiger partial charge in [-0.1, -0.05) is 31.2 Å². The first-order chi connectivity index (χ1) is 6.76. The molecule has 0 aromatic heterocycles. The van der Waals surface area contributed by atoms with Crippen LogP contribution in [0.4, 0.5) is 0 Å².